The second-order valence-electron chi connectivity index (χ2n) is 4.68. The van der Waals surface area contributed by atoms with Gasteiger partial charge in [0.1, 0.15) is 0 Å². The molecule has 1 aromatic heterocycles. The molecule has 98 valence electrons. The number of anilines is 1. The number of halogens is 1. The number of nitriles is 1. The van der Waals surface area contributed by atoms with Crippen LogP contribution in [0.25, 0.3) is 10.9 Å². The van der Waals surface area contributed by atoms with Gasteiger partial charge in [-0.3, -0.25) is 0 Å². The molecule has 0 amide bonds. The van der Waals surface area contributed by atoms with E-state index in [1.54, 1.807) is 6.07 Å². The number of benzene rings is 2. The summed E-state index contributed by atoms with van der Waals surface area (Å²) in [5.74, 6) is 0. The summed E-state index contributed by atoms with van der Waals surface area (Å²) >= 11 is 6.20. The van der Waals surface area contributed by atoms with Crippen molar-refractivity contribution in [3.63, 3.8) is 0 Å². The van der Waals surface area contributed by atoms with Crippen molar-refractivity contribution in [2.24, 2.45) is 0 Å². The summed E-state index contributed by atoms with van der Waals surface area (Å²) in [5, 5.41) is 10.7. The Labute approximate surface area is 121 Å². The fourth-order valence-corrected chi connectivity index (χ4v) is 2.48. The standard InChI is InChI=1S/C16H12ClN3/c17-15-3-2-14(19)8-13(15)10-20-6-5-12-7-11(9-18)1-4-16(12)20/h1-8H,10,19H2. The molecule has 3 rings (SSSR count). The van der Waals surface area contributed by atoms with Gasteiger partial charge >= 0.3 is 0 Å². The van der Waals surface area contributed by atoms with E-state index in [4.69, 9.17) is 22.6 Å². The van der Waals surface area contributed by atoms with Crippen molar-refractivity contribution in [3.8, 4) is 6.07 Å². The van der Waals surface area contributed by atoms with E-state index in [1.165, 1.54) is 0 Å². The monoisotopic (exact) mass is 281 g/mol. The number of hydrogen-bond donors (Lipinski definition) is 1. The fraction of sp³-hybridized carbons (Fsp3) is 0.0625. The molecule has 2 N–H and O–H groups in total. The minimum Gasteiger partial charge on any atom is -0.399 e. The van der Waals surface area contributed by atoms with Gasteiger partial charge in [0.2, 0.25) is 0 Å². The lowest BCUT2D eigenvalue weighted by molar-refractivity contribution is 0.837. The molecule has 3 aromatic rings. The Hall–Kier alpha value is -2.44. The van der Waals surface area contributed by atoms with Crippen LogP contribution in [0.2, 0.25) is 5.02 Å². The maximum absolute atomic E-state index is 8.92. The summed E-state index contributed by atoms with van der Waals surface area (Å²) in [6, 6.07) is 15.3. The number of aromatic nitrogens is 1. The summed E-state index contributed by atoms with van der Waals surface area (Å²) in [7, 11) is 0. The van der Waals surface area contributed by atoms with E-state index in [2.05, 4.69) is 10.6 Å². The van der Waals surface area contributed by atoms with Gasteiger partial charge in [0.05, 0.1) is 11.6 Å². The second-order valence-corrected chi connectivity index (χ2v) is 5.09. The minimum absolute atomic E-state index is 0.652. The van der Waals surface area contributed by atoms with Crippen LogP contribution in [0.3, 0.4) is 0 Å². The highest BCUT2D eigenvalue weighted by Gasteiger charge is 2.06. The van der Waals surface area contributed by atoms with Crippen molar-refractivity contribution < 1.29 is 0 Å². The first-order valence-corrected chi connectivity index (χ1v) is 6.58. The van der Waals surface area contributed by atoms with E-state index in [-0.39, 0.29) is 0 Å². The third kappa shape index (κ3) is 2.22. The average Bonchev–Trinajstić information content (AvgIpc) is 2.85. The fourth-order valence-electron chi connectivity index (χ4n) is 2.31. The van der Waals surface area contributed by atoms with E-state index in [0.29, 0.717) is 22.8 Å². The van der Waals surface area contributed by atoms with Crippen LogP contribution in [-0.2, 0) is 6.54 Å². The Bertz CT molecular complexity index is 827. The summed E-state index contributed by atoms with van der Waals surface area (Å²) in [6.07, 6.45) is 1.99. The highest BCUT2D eigenvalue weighted by atomic mass is 35.5. The third-order valence-electron chi connectivity index (χ3n) is 3.31. The lowest BCUT2D eigenvalue weighted by atomic mass is 10.1. The van der Waals surface area contributed by atoms with Crippen LogP contribution in [0, 0.1) is 11.3 Å². The van der Waals surface area contributed by atoms with E-state index in [0.717, 1.165) is 16.5 Å². The van der Waals surface area contributed by atoms with E-state index in [1.807, 2.05) is 42.6 Å². The van der Waals surface area contributed by atoms with Crippen LogP contribution in [-0.4, -0.2) is 4.57 Å². The molecule has 0 aliphatic heterocycles. The van der Waals surface area contributed by atoms with E-state index < -0.39 is 0 Å². The first kappa shape index (κ1) is 12.6. The first-order valence-electron chi connectivity index (χ1n) is 6.20. The molecule has 0 radical (unpaired) electrons. The van der Waals surface area contributed by atoms with Crippen LogP contribution in [0.5, 0.6) is 0 Å². The molecule has 0 aliphatic carbocycles. The molecule has 4 heteroatoms. The van der Waals surface area contributed by atoms with Gasteiger partial charge in [0, 0.05) is 34.4 Å². The lowest BCUT2D eigenvalue weighted by Gasteiger charge is -2.08. The number of nitrogen functional groups attached to an aromatic ring is 1. The van der Waals surface area contributed by atoms with Crippen molar-refractivity contribution in [1.82, 2.24) is 4.57 Å². The zero-order chi connectivity index (χ0) is 14.1. The van der Waals surface area contributed by atoms with Gasteiger partial charge in [-0.05, 0) is 48.0 Å². The number of nitrogens with zero attached hydrogens (tertiary/aromatic N) is 2. The van der Waals surface area contributed by atoms with Crippen molar-refractivity contribution in [2.45, 2.75) is 6.54 Å². The lowest BCUT2D eigenvalue weighted by Crippen LogP contribution is -1.99. The van der Waals surface area contributed by atoms with E-state index >= 15 is 0 Å². The number of fused-ring (bicyclic) bond motifs is 1. The van der Waals surface area contributed by atoms with E-state index in [9.17, 15) is 0 Å². The highest BCUT2D eigenvalue weighted by molar-refractivity contribution is 6.31. The topological polar surface area (TPSA) is 54.7 Å². The van der Waals surface area contributed by atoms with Crippen LogP contribution in [0.4, 0.5) is 5.69 Å². The van der Waals surface area contributed by atoms with Crippen molar-refractivity contribution in [3.05, 3.63) is 64.8 Å². The summed E-state index contributed by atoms with van der Waals surface area (Å²) < 4.78 is 2.09. The average molecular weight is 282 g/mol. The maximum Gasteiger partial charge on any atom is 0.0991 e. The second kappa shape index (κ2) is 4.92. The molecule has 3 nitrogen and oxygen atoms in total. The van der Waals surface area contributed by atoms with Gasteiger partial charge in [-0.2, -0.15) is 5.26 Å². The van der Waals surface area contributed by atoms with Crippen molar-refractivity contribution in [1.29, 1.82) is 5.26 Å². The predicted octanol–water partition coefficient (Wildman–Crippen LogP) is 3.80. The zero-order valence-electron chi connectivity index (χ0n) is 10.7. The Balaban J connectivity index is 2.03. The first-order chi connectivity index (χ1) is 9.67. The molecule has 0 saturated heterocycles. The van der Waals surface area contributed by atoms with Crippen LogP contribution in [0.1, 0.15) is 11.1 Å². The Morgan fingerprint density at radius 1 is 1.15 bits per heavy atom. The molecule has 0 spiro atoms. The SMILES string of the molecule is N#Cc1ccc2c(ccn2Cc2cc(N)ccc2Cl)c1. The zero-order valence-corrected chi connectivity index (χ0v) is 11.4. The molecule has 0 atom stereocenters. The van der Waals surface area contributed by atoms with Gasteiger partial charge < -0.3 is 10.3 Å². The number of nitrogens with two attached hydrogens (primary N) is 1. The van der Waals surface area contributed by atoms with Gasteiger partial charge in [0.15, 0.2) is 0 Å². The smallest absolute Gasteiger partial charge is 0.0991 e. The normalized spacial score (nSPS) is 10.6. The molecular weight excluding hydrogens is 270 g/mol. The van der Waals surface area contributed by atoms with Crippen LogP contribution in [0.15, 0.2) is 48.7 Å². The molecule has 0 saturated carbocycles. The van der Waals surface area contributed by atoms with Crippen LogP contribution >= 0.6 is 11.6 Å². The summed E-state index contributed by atoms with van der Waals surface area (Å²) in [4.78, 5) is 0. The molecule has 2 aromatic carbocycles. The number of hydrogen-bond acceptors (Lipinski definition) is 2. The van der Waals surface area contributed by atoms with Crippen molar-refractivity contribution in [2.75, 3.05) is 5.73 Å². The minimum atomic E-state index is 0.652. The maximum atomic E-state index is 8.92. The Morgan fingerprint density at radius 3 is 2.80 bits per heavy atom. The van der Waals surface area contributed by atoms with Crippen molar-refractivity contribution >= 4 is 28.2 Å². The quantitative estimate of drug-likeness (QED) is 0.727. The largest absolute Gasteiger partial charge is 0.399 e. The molecule has 20 heavy (non-hydrogen) atoms. The van der Waals surface area contributed by atoms with Gasteiger partial charge in [0.25, 0.3) is 0 Å². The third-order valence-corrected chi connectivity index (χ3v) is 3.68. The highest BCUT2D eigenvalue weighted by Crippen LogP contribution is 2.23. The predicted molar refractivity (Wildman–Crippen MR) is 81.6 cm³/mol. The molecular formula is C16H12ClN3. The Morgan fingerprint density at radius 2 is 2.00 bits per heavy atom. The molecule has 0 unspecified atom stereocenters. The van der Waals surface area contributed by atoms with Gasteiger partial charge in [-0.25, -0.2) is 0 Å². The van der Waals surface area contributed by atoms with Crippen LogP contribution < -0.4 is 5.73 Å². The molecule has 1 heterocycles. The Kier molecular flexibility index (Phi) is 3.09. The van der Waals surface area contributed by atoms with Gasteiger partial charge in [-0.15, -0.1) is 0 Å². The number of rotatable bonds is 2. The molecule has 0 aliphatic rings. The molecule has 0 fully saturated rings. The summed E-state index contributed by atoms with van der Waals surface area (Å²) in [6.45, 7) is 0.652. The van der Waals surface area contributed by atoms with Gasteiger partial charge in [-0.1, -0.05) is 11.6 Å². The molecule has 0 bridgehead atoms. The summed E-state index contributed by atoms with van der Waals surface area (Å²) in [5.41, 5.74) is 9.22.